The number of hydrogen-bond acceptors (Lipinski definition) is 3. The van der Waals surface area contributed by atoms with Crippen LogP contribution in [-0.4, -0.2) is 41.7 Å². The van der Waals surface area contributed by atoms with E-state index in [0.29, 0.717) is 22.9 Å². The van der Waals surface area contributed by atoms with E-state index in [1.54, 1.807) is 30.1 Å². The molecule has 5 heteroatoms. The summed E-state index contributed by atoms with van der Waals surface area (Å²) in [7, 11) is 1.74. The van der Waals surface area contributed by atoms with Crippen LogP contribution in [0.3, 0.4) is 0 Å². The van der Waals surface area contributed by atoms with Crippen LogP contribution in [0.25, 0.3) is 0 Å². The van der Waals surface area contributed by atoms with Crippen molar-refractivity contribution in [3.05, 3.63) is 28.8 Å². The van der Waals surface area contributed by atoms with E-state index in [1.165, 1.54) is 0 Å². The summed E-state index contributed by atoms with van der Waals surface area (Å²) in [6, 6.07) is 4.94. The number of nitrogens with zero attached hydrogens (tertiary/aromatic N) is 1. The lowest BCUT2D eigenvalue weighted by Crippen LogP contribution is -2.46. The third-order valence-electron chi connectivity index (χ3n) is 3.99. The van der Waals surface area contributed by atoms with E-state index in [1.807, 2.05) is 6.92 Å². The maximum absolute atomic E-state index is 12.5. The van der Waals surface area contributed by atoms with Crippen LogP contribution in [0.4, 0.5) is 0 Å². The van der Waals surface area contributed by atoms with Gasteiger partial charge >= 0.3 is 0 Å². The Morgan fingerprint density at radius 2 is 2.14 bits per heavy atom. The predicted octanol–water partition coefficient (Wildman–Crippen LogP) is 3.11. The van der Waals surface area contributed by atoms with Crippen LogP contribution in [0, 0.1) is 0 Å². The number of benzene rings is 1. The first-order valence-electron chi connectivity index (χ1n) is 7.42. The van der Waals surface area contributed by atoms with Gasteiger partial charge in [0.05, 0.1) is 23.8 Å². The lowest BCUT2D eigenvalue weighted by atomic mass is 9.91. The summed E-state index contributed by atoms with van der Waals surface area (Å²) in [4.78, 5) is 14.2. The Hall–Kier alpha value is -1.26. The Morgan fingerprint density at radius 1 is 1.43 bits per heavy atom. The Labute approximate surface area is 130 Å². The Kier molecular flexibility index (Phi) is 5.48. The number of carbonyl (C=O) groups excluding carboxylic acids is 1. The number of halogens is 1. The molecule has 1 aliphatic carbocycles. The maximum atomic E-state index is 12.5. The zero-order chi connectivity index (χ0) is 15.4. The van der Waals surface area contributed by atoms with Crippen molar-refractivity contribution < 1.29 is 14.6 Å². The molecule has 1 fully saturated rings. The average Bonchev–Trinajstić information content (AvgIpc) is 2.48. The van der Waals surface area contributed by atoms with Crippen LogP contribution in [0.2, 0.25) is 5.02 Å². The zero-order valence-electron chi connectivity index (χ0n) is 12.5. The predicted molar refractivity (Wildman–Crippen MR) is 83.0 cm³/mol. The molecular weight excluding hydrogens is 290 g/mol. The fourth-order valence-corrected chi connectivity index (χ4v) is 3.04. The highest BCUT2D eigenvalue weighted by atomic mass is 35.5. The van der Waals surface area contributed by atoms with E-state index >= 15 is 0 Å². The van der Waals surface area contributed by atoms with Gasteiger partial charge in [0.1, 0.15) is 5.75 Å². The molecule has 1 aromatic rings. The molecule has 0 aliphatic heterocycles. The van der Waals surface area contributed by atoms with Gasteiger partial charge in [0, 0.05) is 12.6 Å². The van der Waals surface area contributed by atoms with Crippen molar-refractivity contribution in [3.63, 3.8) is 0 Å². The average molecular weight is 312 g/mol. The van der Waals surface area contributed by atoms with E-state index in [4.69, 9.17) is 16.3 Å². The summed E-state index contributed by atoms with van der Waals surface area (Å²) in [6.07, 6.45) is 3.23. The van der Waals surface area contributed by atoms with Gasteiger partial charge in [-0.2, -0.15) is 0 Å². The van der Waals surface area contributed by atoms with Crippen molar-refractivity contribution in [2.75, 3.05) is 13.7 Å². The van der Waals surface area contributed by atoms with Gasteiger partial charge in [-0.1, -0.05) is 24.4 Å². The Morgan fingerprint density at radius 3 is 2.76 bits per heavy atom. The van der Waals surface area contributed by atoms with Crippen molar-refractivity contribution in [1.82, 2.24) is 4.90 Å². The second-order valence-corrected chi connectivity index (χ2v) is 5.82. The minimum Gasteiger partial charge on any atom is -0.492 e. The molecular formula is C16H22ClNO3. The van der Waals surface area contributed by atoms with Gasteiger partial charge in [0.2, 0.25) is 0 Å². The quantitative estimate of drug-likeness (QED) is 0.929. The molecule has 0 bridgehead atoms. The van der Waals surface area contributed by atoms with Gasteiger partial charge in [0.25, 0.3) is 5.91 Å². The van der Waals surface area contributed by atoms with Crippen LogP contribution >= 0.6 is 11.6 Å². The van der Waals surface area contributed by atoms with Gasteiger partial charge in [-0.3, -0.25) is 4.79 Å². The molecule has 0 unspecified atom stereocenters. The Balaban J connectivity index is 2.13. The summed E-state index contributed by atoms with van der Waals surface area (Å²) < 4.78 is 5.37. The molecule has 1 aliphatic rings. The van der Waals surface area contributed by atoms with Gasteiger partial charge in [0.15, 0.2) is 0 Å². The molecule has 1 saturated carbocycles. The highest BCUT2D eigenvalue weighted by Crippen LogP contribution is 2.28. The van der Waals surface area contributed by atoms with E-state index in [0.717, 1.165) is 25.7 Å². The molecule has 2 atom stereocenters. The van der Waals surface area contributed by atoms with Crippen molar-refractivity contribution >= 4 is 17.5 Å². The zero-order valence-corrected chi connectivity index (χ0v) is 13.3. The van der Waals surface area contributed by atoms with Crippen LogP contribution in [0.15, 0.2) is 18.2 Å². The first kappa shape index (κ1) is 16.1. The van der Waals surface area contributed by atoms with Crippen molar-refractivity contribution in [2.24, 2.45) is 0 Å². The minimum absolute atomic E-state index is 0.114. The first-order chi connectivity index (χ1) is 10.0. The third kappa shape index (κ3) is 3.69. The first-order valence-corrected chi connectivity index (χ1v) is 7.80. The fraction of sp³-hybridized carbons (Fsp3) is 0.562. The van der Waals surface area contributed by atoms with E-state index in [2.05, 4.69) is 0 Å². The van der Waals surface area contributed by atoms with Gasteiger partial charge < -0.3 is 14.7 Å². The number of rotatable bonds is 4. The number of ether oxygens (including phenoxy) is 1. The third-order valence-corrected chi connectivity index (χ3v) is 4.29. The van der Waals surface area contributed by atoms with E-state index < -0.39 is 6.10 Å². The Bertz CT molecular complexity index is 506. The number of hydrogen-bond donors (Lipinski definition) is 1. The van der Waals surface area contributed by atoms with Crippen molar-refractivity contribution in [2.45, 2.75) is 44.8 Å². The SMILES string of the molecule is CCOc1ccc(C(=O)N(C)[C@H]2CCCC[C@@H]2O)cc1Cl. The molecule has 2 rings (SSSR count). The number of aliphatic hydroxyl groups excluding tert-OH is 1. The van der Waals surface area contributed by atoms with Gasteiger partial charge in [-0.15, -0.1) is 0 Å². The standard InChI is InChI=1S/C16H22ClNO3/c1-3-21-15-9-8-11(10-12(15)17)16(20)18(2)13-6-4-5-7-14(13)19/h8-10,13-14,19H,3-7H2,1-2H3/t13-,14-/m0/s1. The molecule has 21 heavy (non-hydrogen) atoms. The topological polar surface area (TPSA) is 49.8 Å². The highest BCUT2D eigenvalue weighted by molar-refractivity contribution is 6.32. The molecule has 116 valence electrons. The smallest absolute Gasteiger partial charge is 0.253 e. The number of amides is 1. The van der Waals surface area contributed by atoms with Crippen LogP contribution < -0.4 is 4.74 Å². The van der Waals surface area contributed by atoms with Crippen LogP contribution in [0.5, 0.6) is 5.75 Å². The molecule has 1 aromatic carbocycles. The monoisotopic (exact) mass is 311 g/mol. The number of likely N-dealkylation sites (N-methyl/N-ethyl adjacent to an activating group) is 1. The van der Waals surface area contributed by atoms with E-state index in [9.17, 15) is 9.90 Å². The summed E-state index contributed by atoms with van der Waals surface area (Å²) in [5.41, 5.74) is 0.517. The molecule has 0 aromatic heterocycles. The maximum Gasteiger partial charge on any atom is 0.253 e. The molecule has 0 saturated heterocycles. The van der Waals surface area contributed by atoms with Crippen LogP contribution in [0.1, 0.15) is 43.0 Å². The molecule has 0 radical (unpaired) electrons. The minimum atomic E-state index is -0.439. The van der Waals surface area contributed by atoms with Gasteiger partial charge in [-0.05, 0) is 38.0 Å². The van der Waals surface area contributed by atoms with Crippen molar-refractivity contribution in [3.8, 4) is 5.75 Å². The number of carbonyl (C=O) groups is 1. The van der Waals surface area contributed by atoms with Gasteiger partial charge in [-0.25, -0.2) is 0 Å². The largest absolute Gasteiger partial charge is 0.492 e. The second-order valence-electron chi connectivity index (χ2n) is 5.41. The molecule has 4 nitrogen and oxygen atoms in total. The fourth-order valence-electron chi connectivity index (χ4n) is 2.80. The summed E-state index contributed by atoms with van der Waals surface area (Å²) in [5, 5.41) is 10.5. The highest BCUT2D eigenvalue weighted by Gasteiger charge is 2.30. The lowest BCUT2D eigenvalue weighted by Gasteiger charge is -2.35. The molecule has 0 spiro atoms. The molecule has 1 N–H and O–H groups in total. The second kappa shape index (κ2) is 7.14. The lowest BCUT2D eigenvalue weighted by molar-refractivity contribution is 0.0268. The van der Waals surface area contributed by atoms with Crippen LogP contribution in [-0.2, 0) is 0 Å². The molecule has 1 amide bonds. The van der Waals surface area contributed by atoms with E-state index in [-0.39, 0.29) is 11.9 Å². The van der Waals surface area contributed by atoms with Crippen molar-refractivity contribution in [1.29, 1.82) is 0 Å². The molecule has 0 heterocycles. The summed E-state index contributed by atoms with van der Waals surface area (Å²) >= 11 is 6.13. The summed E-state index contributed by atoms with van der Waals surface area (Å²) in [6.45, 7) is 2.41. The normalized spacial score (nSPS) is 21.9. The summed E-state index contributed by atoms with van der Waals surface area (Å²) in [5.74, 6) is 0.460. The number of aliphatic hydroxyl groups is 1.